The Bertz CT molecular complexity index is 541. The Kier molecular flexibility index (Phi) is 5.15. The molecule has 1 saturated heterocycles. The second-order valence-corrected chi connectivity index (χ2v) is 6.18. The SMILES string of the molecule is CCN(Cc1noc(C)n1)C(=O)[C@@H]1CC(=O)N(CC(C)C)C1. The van der Waals surface area contributed by atoms with Gasteiger partial charge in [0.05, 0.1) is 12.5 Å². The van der Waals surface area contributed by atoms with Crippen LogP contribution in [0.15, 0.2) is 4.52 Å². The van der Waals surface area contributed by atoms with Crippen LogP contribution >= 0.6 is 0 Å². The van der Waals surface area contributed by atoms with Crippen LogP contribution in [0, 0.1) is 18.8 Å². The van der Waals surface area contributed by atoms with Crippen molar-refractivity contribution in [1.82, 2.24) is 19.9 Å². The fraction of sp³-hybridized carbons (Fsp3) is 0.733. The minimum atomic E-state index is -0.265. The molecular weight excluding hydrogens is 284 g/mol. The van der Waals surface area contributed by atoms with Gasteiger partial charge in [-0.1, -0.05) is 19.0 Å². The Morgan fingerprint density at radius 2 is 2.23 bits per heavy atom. The molecule has 1 aliphatic rings. The molecule has 122 valence electrons. The first-order valence-corrected chi connectivity index (χ1v) is 7.76. The molecule has 1 aliphatic heterocycles. The minimum Gasteiger partial charge on any atom is -0.342 e. The summed E-state index contributed by atoms with van der Waals surface area (Å²) < 4.78 is 4.93. The lowest BCUT2D eigenvalue weighted by atomic mass is 10.1. The van der Waals surface area contributed by atoms with Gasteiger partial charge in [-0.3, -0.25) is 9.59 Å². The first-order valence-electron chi connectivity index (χ1n) is 7.76. The van der Waals surface area contributed by atoms with Crippen molar-refractivity contribution >= 4 is 11.8 Å². The van der Waals surface area contributed by atoms with E-state index in [4.69, 9.17) is 4.52 Å². The zero-order chi connectivity index (χ0) is 16.3. The summed E-state index contributed by atoms with van der Waals surface area (Å²) in [7, 11) is 0. The van der Waals surface area contributed by atoms with Gasteiger partial charge in [-0.15, -0.1) is 0 Å². The second-order valence-electron chi connectivity index (χ2n) is 6.18. The Hall–Kier alpha value is -1.92. The lowest BCUT2D eigenvalue weighted by Crippen LogP contribution is -2.37. The van der Waals surface area contributed by atoms with E-state index in [0.717, 1.165) is 0 Å². The van der Waals surface area contributed by atoms with Crippen molar-refractivity contribution in [3.05, 3.63) is 11.7 Å². The third-order valence-corrected chi connectivity index (χ3v) is 3.74. The van der Waals surface area contributed by atoms with Gasteiger partial charge in [0.2, 0.25) is 17.7 Å². The van der Waals surface area contributed by atoms with Crippen molar-refractivity contribution in [3.63, 3.8) is 0 Å². The molecule has 0 spiro atoms. The summed E-state index contributed by atoms with van der Waals surface area (Å²) >= 11 is 0. The van der Waals surface area contributed by atoms with Gasteiger partial charge in [0.1, 0.15) is 0 Å². The number of nitrogens with zero attached hydrogens (tertiary/aromatic N) is 4. The van der Waals surface area contributed by atoms with Gasteiger partial charge in [-0.05, 0) is 12.8 Å². The predicted octanol–water partition coefficient (Wildman–Crippen LogP) is 1.23. The van der Waals surface area contributed by atoms with Crippen LogP contribution in [0.3, 0.4) is 0 Å². The van der Waals surface area contributed by atoms with Crippen molar-refractivity contribution < 1.29 is 14.1 Å². The molecule has 7 nitrogen and oxygen atoms in total. The van der Waals surface area contributed by atoms with E-state index in [1.54, 1.807) is 16.7 Å². The van der Waals surface area contributed by atoms with Crippen LogP contribution in [0.2, 0.25) is 0 Å². The number of aryl methyl sites for hydroxylation is 1. The van der Waals surface area contributed by atoms with E-state index in [9.17, 15) is 9.59 Å². The molecular formula is C15H24N4O3. The Labute approximate surface area is 130 Å². The molecule has 0 aromatic carbocycles. The maximum atomic E-state index is 12.6. The van der Waals surface area contributed by atoms with E-state index >= 15 is 0 Å². The van der Waals surface area contributed by atoms with E-state index in [2.05, 4.69) is 24.0 Å². The number of carbonyl (C=O) groups is 2. The van der Waals surface area contributed by atoms with Crippen LogP contribution < -0.4 is 0 Å². The monoisotopic (exact) mass is 308 g/mol. The van der Waals surface area contributed by atoms with E-state index in [1.807, 2.05) is 6.92 Å². The molecule has 0 radical (unpaired) electrons. The summed E-state index contributed by atoms with van der Waals surface area (Å²) in [5.74, 6) is 1.18. The molecule has 0 aliphatic carbocycles. The second kappa shape index (κ2) is 6.89. The topological polar surface area (TPSA) is 79.5 Å². The van der Waals surface area contributed by atoms with Gasteiger partial charge < -0.3 is 14.3 Å². The van der Waals surface area contributed by atoms with Crippen LogP contribution in [-0.4, -0.2) is 51.4 Å². The highest BCUT2D eigenvalue weighted by molar-refractivity contribution is 5.89. The van der Waals surface area contributed by atoms with Crippen LogP contribution in [0.25, 0.3) is 0 Å². The number of carbonyl (C=O) groups excluding carboxylic acids is 2. The van der Waals surface area contributed by atoms with Gasteiger partial charge in [0.25, 0.3) is 0 Å². The molecule has 1 aromatic rings. The van der Waals surface area contributed by atoms with Crippen LogP contribution in [0.4, 0.5) is 0 Å². The summed E-state index contributed by atoms with van der Waals surface area (Å²) in [4.78, 5) is 32.2. The largest absolute Gasteiger partial charge is 0.342 e. The zero-order valence-corrected chi connectivity index (χ0v) is 13.7. The summed E-state index contributed by atoms with van der Waals surface area (Å²) in [6, 6.07) is 0. The average Bonchev–Trinajstić information content (AvgIpc) is 3.02. The lowest BCUT2D eigenvalue weighted by Gasteiger charge is -2.23. The summed E-state index contributed by atoms with van der Waals surface area (Å²) in [5.41, 5.74) is 0. The first kappa shape index (κ1) is 16.5. The number of aromatic nitrogens is 2. The molecule has 1 aromatic heterocycles. The number of hydrogen-bond donors (Lipinski definition) is 0. The van der Waals surface area contributed by atoms with Crippen LogP contribution in [0.1, 0.15) is 38.9 Å². The molecule has 2 amide bonds. The van der Waals surface area contributed by atoms with Crippen molar-refractivity contribution in [2.75, 3.05) is 19.6 Å². The molecule has 0 bridgehead atoms. The molecule has 0 saturated carbocycles. The van der Waals surface area contributed by atoms with Crippen LogP contribution in [-0.2, 0) is 16.1 Å². The number of likely N-dealkylation sites (tertiary alicyclic amines) is 1. The maximum absolute atomic E-state index is 12.6. The van der Waals surface area contributed by atoms with Crippen molar-refractivity contribution in [2.45, 2.75) is 40.7 Å². The highest BCUT2D eigenvalue weighted by Crippen LogP contribution is 2.21. The van der Waals surface area contributed by atoms with E-state index in [0.29, 0.717) is 50.2 Å². The highest BCUT2D eigenvalue weighted by Gasteiger charge is 2.36. The third-order valence-electron chi connectivity index (χ3n) is 3.74. The van der Waals surface area contributed by atoms with Crippen molar-refractivity contribution in [1.29, 1.82) is 0 Å². The molecule has 1 fully saturated rings. The molecule has 2 heterocycles. The highest BCUT2D eigenvalue weighted by atomic mass is 16.5. The number of amides is 2. The number of rotatable bonds is 6. The normalized spacial score (nSPS) is 18.3. The van der Waals surface area contributed by atoms with Gasteiger partial charge in [-0.25, -0.2) is 0 Å². The first-order chi connectivity index (χ1) is 10.4. The molecule has 0 unspecified atom stereocenters. The standard InChI is InChI=1S/C15H24N4O3/c1-5-18(9-13-16-11(4)22-17-13)15(21)12-6-14(20)19(8-12)7-10(2)3/h10,12H,5-9H2,1-4H3/t12-/m1/s1. The Morgan fingerprint density at radius 1 is 1.50 bits per heavy atom. The Morgan fingerprint density at radius 3 is 2.77 bits per heavy atom. The molecule has 2 rings (SSSR count). The average molecular weight is 308 g/mol. The van der Waals surface area contributed by atoms with Crippen molar-refractivity contribution in [2.24, 2.45) is 11.8 Å². The van der Waals surface area contributed by atoms with Gasteiger partial charge in [0.15, 0.2) is 5.82 Å². The van der Waals surface area contributed by atoms with Gasteiger partial charge in [0, 0.05) is 33.0 Å². The fourth-order valence-electron chi connectivity index (χ4n) is 2.73. The molecule has 7 heteroatoms. The van der Waals surface area contributed by atoms with E-state index in [1.165, 1.54) is 0 Å². The molecule has 1 atom stereocenters. The summed E-state index contributed by atoms with van der Waals surface area (Å²) in [6.45, 7) is 9.86. The summed E-state index contributed by atoms with van der Waals surface area (Å²) in [6.07, 6.45) is 0.299. The smallest absolute Gasteiger partial charge is 0.228 e. The Balaban J connectivity index is 1.98. The van der Waals surface area contributed by atoms with Crippen molar-refractivity contribution in [3.8, 4) is 0 Å². The number of hydrogen-bond acceptors (Lipinski definition) is 5. The van der Waals surface area contributed by atoms with E-state index < -0.39 is 0 Å². The summed E-state index contributed by atoms with van der Waals surface area (Å²) in [5, 5.41) is 3.82. The lowest BCUT2D eigenvalue weighted by molar-refractivity contribution is -0.136. The molecule has 22 heavy (non-hydrogen) atoms. The van der Waals surface area contributed by atoms with Gasteiger partial charge in [-0.2, -0.15) is 4.98 Å². The molecule has 0 N–H and O–H groups in total. The minimum absolute atomic E-state index is 0.00967. The third kappa shape index (κ3) is 3.84. The zero-order valence-electron chi connectivity index (χ0n) is 13.7. The quantitative estimate of drug-likeness (QED) is 0.789. The van der Waals surface area contributed by atoms with Gasteiger partial charge >= 0.3 is 0 Å². The fourth-order valence-corrected chi connectivity index (χ4v) is 2.73. The predicted molar refractivity (Wildman–Crippen MR) is 79.7 cm³/mol. The van der Waals surface area contributed by atoms with Crippen LogP contribution in [0.5, 0.6) is 0 Å². The maximum Gasteiger partial charge on any atom is 0.228 e. The van der Waals surface area contributed by atoms with E-state index in [-0.39, 0.29) is 17.7 Å².